The molecule has 1 aromatic heterocycles. The first-order valence-corrected chi connectivity index (χ1v) is 14.2. The summed E-state index contributed by atoms with van der Waals surface area (Å²) in [5, 5.41) is 17.3. The summed E-state index contributed by atoms with van der Waals surface area (Å²) < 4.78 is 15.6. The Labute approximate surface area is 252 Å². The van der Waals surface area contributed by atoms with E-state index < -0.39 is 17.8 Å². The first-order valence-electron chi connectivity index (χ1n) is 13.8. The predicted octanol–water partition coefficient (Wildman–Crippen LogP) is 3.22. The van der Waals surface area contributed by atoms with Gasteiger partial charge in [0.25, 0.3) is 5.91 Å². The Morgan fingerprint density at radius 1 is 1.07 bits per heavy atom. The number of nitrogen functional groups attached to an aromatic ring is 1. The summed E-state index contributed by atoms with van der Waals surface area (Å²) >= 11 is 6.06. The molecule has 11 nitrogen and oxygen atoms in total. The number of hydrogen-bond acceptors (Lipinski definition) is 8. The first kappa shape index (κ1) is 28.3. The summed E-state index contributed by atoms with van der Waals surface area (Å²) in [7, 11) is 0. The Hall–Kier alpha value is -4.81. The van der Waals surface area contributed by atoms with Crippen LogP contribution < -0.4 is 21.3 Å². The van der Waals surface area contributed by atoms with Crippen molar-refractivity contribution in [2.24, 2.45) is 0 Å². The molecule has 1 saturated heterocycles. The Kier molecular flexibility index (Phi) is 8.03. The fourth-order valence-corrected chi connectivity index (χ4v) is 5.73. The fourth-order valence-electron chi connectivity index (χ4n) is 5.56. The lowest BCUT2D eigenvalue weighted by Crippen LogP contribution is -2.47. The van der Waals surface area contributed by atoms with Crippen LogP contribution in [-0.4, -0.2) is 69.6 Å². The molecule has 0 saturated carbocycles. The lowest BCUT2D eigenvalue weighted by Gasteiger charge is -2.39. The van der Waals surface area contributed by atoms with Crippen LogP contribution in [0.5, 0.6) is 0 Å². The molecule has 6 rings (SSSR count). The maximum Gasteiger partial charge on any atom is 0.251 e. The van der Waals surface area contributed by atoms with E-state index in [9.17, 15) is 14.0 Å². The molecular formula is C30H29ClFN9O2. The number of rotatable bonds is 6. The van der Waals surface area contributed by atoms with Crippen molar-refractivity contribution >= 4 is 46.6 Å². The van der Waals surface area contributed by atoms with Gasteiger partial charge in [-0.2, -0.15) is 4.68 Å². The van der Waals surface area contributed by atoms with Crippen LogP contribution >= 0.6 is 11.6 Å². The molecule has 4 N–H and O–H groups in total. The van der Waals surface area contributed by atoms with Crippen LogP contribution in [0.4, 0.5) is 21.5 Å². The largest absolute Gasteiger partial charge is 0.399 e. The SMILES string of the molecule is Nc1ccc(NC(=O)C2c3cccc(N4CCNCC4)c3CCN2C(=O)/C=C/c2cc(Cl)c(F)cc2-n2cnnn2)cc1. The molecule has 1 atom stereocenters. The van der Waals surface area contributed by atoms with Crippen molar-refractivity contribution in [3.63, 3.8) is 0 Å². The summed E-state index contributed by atoms with van der Waals surface area (Å²) in [6.07, 6.45) is 4.77. The summed E-state index contributed by atoms with van der Waals surface area (Å²) in [6, 6.07) is 14.5. The van der Waals surface area contributed by atoms with Gasteiger partial charge in [0.05, 0.1) is 10.7 Å². The number of tetrazole rings is 1. The van der Waals surface area contributed by atoms with Crippen LogP contribution in [0, 0.1) is 5.82 Å². The van der Waals surface area contributed by atoms with Crippen molar-refractivity contribution in [2.75, 3.05) is 48.7 Å². The van der Waals surface area contributed by atoms with E-state index in [1.165, 1.54) is 35.3 Å². The molecule has 3 heterocycles. The molecule has 4 aromatic rings. The molecule has 2 amide bonds. The number of amides is 2. The van der Waals surface area contributed by atoms with Crippen molar-refractivity contribution < 1.29 is 14.0 Å². The fraction of sp³-hybridized carbons (Fsp3) is 0.233. The number of piperazine rings is 1. The van der Waals surface area contributed by atoms with Gasteiger partial charge >= 0.3 is 0 Å². The number of carbonyl (C=O) groups is 2. The second-order valence-electron chi connectivity index (χ2n) is 10.3. The van der Waals surface area contributed by atoms with E-state index in [0.29, 0.717) is 35.6 Å². The van der Waals surface area contributed by atoms with Crippen LogP contribution in [0.3, 0.4) is 0 Å². The van der Waals surface area contributed by atoms with Gasteiger partial charge in [0.1, 0.15) is 18.2 Å². The lowest BCUT2D eigenvalue weighted by molar-refractivity contribution is -0.135. The third kappa shape index (κ3) is 5.92. The normalized spacial score (nSPS) is 16.7. The zero-order valence-corrected chi connectivity index (χ0v) is 23.8. The number of anilines is 3. The average molecular weight is 602 g/mol. The van der Waals surface area contributed by atoms with Gasteiger partial charge in [0.2, 0.25) is 5.91 Å². The quantitative estimate of drug-likeness (QED) is 0.227. The first-order chi connectivity index (χ1) is 20.9. The van der Waals surface area contributed by atoms with Crippen molar-refractivity contribution in [1.82, 2.24) is 30.4 Å². The van der Waals surface area contributed by atoms with Crippen molar-refractivity contribution in [3.8, 4) is 5.69 Å². The predicted molar refractivity (Wildman–Crippen MR) is 162 cm³/mol. The van der Waals surface area contributed by atoms with Gasteiger partial charge in [0.15, 0.2) is 0 Å². The Morgan fingerprint density at radius 3 is 2.60 bits per heavy atom. The van der Waals surface area contributed by atoms with E-state index >= 15 is 0 Å². The van der Waals surface area contributed by atoms with E-state index in [4.69, 9.17) is 17.3 Å². The molecule has 43 heavy (non-hydrogen) atoms. The van der Waals surface area contributed by atoms with Gasteiger partial charge in [-0.25, -0.2) is 4.39 Å². The second-order valence-corrected chi connectivity index (χ2v) is 10.7. The van der Waals surface area contributed by atoms with E-state index in [1.807, 2.05) is 12.1 Å². The van der Waals surface area contributed by atoms with E-state index in [0.717, 1.165) is 43.0 Å². The number of halogens is 2. The van der Waals surface area contributed by atoms with Crippen molar-refractivity contribution in [1.29, 1.82) is 0 Å². The summed E-state index contributed by atoms with van der Waals surface area (Å²) in [5.41, 5.74) is 10.6. The number of hydrogen-bond donors (Lipinski definition) is 3. The van der Waals surface area contributed by atoms with Crippen LogP contribution in [0.1, 0.15) is 22.7 Å². The lowest BCUT2D eigenvalue weighted by atomic mass is 9.89. The van der Waals surface area contributed by atoms with Crippen LogP contribution in [0.25, 0.3) is 11.8 Å². The highest BCUT2D eigenvalue weighted by atomic mass is 35.5. The zero-order valence-electron chi connectivity index (χ0n) is 23.1. The van der Waals surface area contributed by atoms with Crippen LogP contribution in [0.2, 0.25) is 5.02 Å². The molecule has 1 unspecified atom stereocenters. The number of carbonyl (C=O) groups excluding carboxylic acids is 2. The minimum Gasteiger partial charge on any atom is -0.399 e. The Morgan fingerprint density at radius 2 is 1.86 bits per heavy atom. The smallest absolute Gasteiger partial charge is 0.251 e. The van der Waals surface area contributed by atoms with Crippen molar-refractivity contribution in [2.45, 2.75) is 12.5 Å². The van der Waals surface area contributed by atoms with Gasteiger partial charge in [-0.15, -0.1) is 5.10 Å². The summed E-state index contributed by atoms with van der Waals surface area (Å²) in [6.45, 7) is 3.78. The molecule has 0 aliphatic carbocycles. The summed E-state index contributed by atoms with van der Waals surface area (Å²) in [5.74, 6) is -1.38. The second kappa shape index (κ2) is 12.2. The number of aromatic nitrogens is 4. The summed E-state index contributed by atoms with van der Waals surface area (Å²) in [4.78, 5) is 31.6. The number of nitrogens with zero attached hydrogens (tertiary/aromatic N) is 6. The number of fused-ring (bicyclic) bond motifs is 1. The minimum absolute atomic E-state index is 0.114. The molecular weight excluding hydrogens is 573 g/mol. The Bertz CT molecular complexity index is 1670. The van der Waals surface area contributed by atoms with E-state index in [-0.39, 0.29) is 10.9 Å². The number of nitrogens with two attached hydrogens (primary N) is 1. The standard InChI is InChI=1S/C30H29ClFN9O2/c31-24-16-19(27(17-25(24)32)41-18-35-37-38-41)4-9-28(42)40-13-10-22-23(2-1-3-26(22)39-14-11-34-12-15-39)29(40)30(43)36-21-7-5-20(33)6-8-21/h1-9,16-18,29,34H,10-15,33H2,(H,36,43)/b9-4+. The van der Waals surface area contributed by atoms with Gasteiger partial charge in [-0.3, -0.25) is 9.59 Å². The molecule has 2 aliphatic rings. The van der Waals surface area contributed by atoms with Gasteiger partial charge in [-0.1, -0.05) is 23.7 Å². The zero-order chi connectivity index (χ0) is 29.9. The van der Waals surface area contributed by atoms with Crippen molar-refractivity contribution in [3.05, 3.63) is 94.5 Å². The molecule has 13 heteroatoms. The molecule has 1 fully saturated rings. The molecule has 0 spiro atoms. The molecule has 0 radical (unpaired) electrons. The maximum absolute atomic E-state index is 14.3. The van der Waals surface area contributed by atoms with Crippen LogP contribution in [0.15, 0.2) is 67.0 Å². The monoisotopic (exact) mass is 601 g/mol. The minimum atomic E-state index is -0.892. The number of nitrogens with one attached hydrogen (secondary N) is 2. The highest BCUT2D eigenvalue weighted by Crippen LogP contribution is 2.37. The van der Waals surface area contributed by atoms with E-state index in [1.54, 1.807) is 29.2 Å². The van der Waals surface area contributed by atoms with Crippen LogP contribution in [-0.2, 0) is 16.0 Å². The number of benzene rings is 3. The van der Waals surface area contributed by atoms with Gasteiger partial charge in [0, 0.05) is 67.5 Å². The average Bonchev–Trinajstić information content (AvgIpc) is 3.57. The highest BCUT2D eigenvalue weighted by Gasteiger charge is 2.37. The Balaban J connectivity index is 1.35. The topological polar surface area (TPSA) is 134 Å². The molecule has 0 bridgehead atoms. The van der Waals surface area contributed by atoms with Gasteiger partial charge in [-0.05, 0) is 70.4 Å². The molecule has 3 aromatic carbocycles. The maximum atomic E-state index is 14.3. The highest BCUT2D eigenvalue weighted by molar-refractivity contribution is 6.31. The van der Waals surface area contributed by atoms with E-state index in [2.05, 4.69) is 37.1 Å². The van der Waals surface area contributed by atoms with Gasteiger partial charge < -0.3 is 26.2 Å². The molecule has 220 valence electrons. The molecule has 2 aliphatic heterocycles. The third-order valence-electron chi connectivity index (χ3n) is 7.63. The third-order valence-corrected chi connectivity index (χ3v) is 7.92.